The number of hydrogen-bond donors (Lipinski definition) is 1. The Hall–Kier alpha value is -1.51. The highest BCUT2D eigenvalue weighted by molar-refractivity contribution is 5.81. The average Bonchev–Trinajstić information content (AvgIpc) is 2.38. The summed E-state index contributed by atoms with van der Waals surface area (Å²) in [5.41, 5.74) is 1.12. The Balaban J connectivity index is 2.63. The Kier molecular flexibility index (Phi) is 5.87. The molecule has 0 spiro atoms. The minimum absolute atomic E-state index is 0.0629. The second-order valence-corrected chi connectivity index (χ2v) is 5.26. The number of benzene rings is 1. The average molecular weight is 263 g/mol. The first-order valence-electron chi connectivity index (χ1n) is 7.00. The smallest absolute Gasteiger partial charge is 0.260 e. The summed E-state index contributed by atoms with van der Waals surface area (Å²) in [6.07, 6.45) is 0.418. The van der Waals surface area contributed by atoms with Crippen molar-refractivity contribution >= 4 is 5.91 Å². The third-order valence-corrected chi connectivity index (χ3v) is 3.40. The van der Waals surface area contributed by atoms with Crippen LogP contribution >= 0.6 is 0 Å². The van der Waals surface area contributed by atoms with Gasteiger partial charge in [0.2, 0.25) is 0 Å². The van der Waals surface area contributed by atoms with Gasteiger partial charge in [0, 0.05) is 6.04 Å². The molecular weight excluding hydrogens is 238 g/mol. The van der Waals surface area contributed by atoms with Crippen molar-refractivity contribution < 1.29 is 9.53 Å². The number of amides is 1. The van der Waals surface area contributed by atoms with Crippen molar-refractivity contribution in [2.24, 2.45) is 5.92 Å². The molecule has 0 radical (unpaired) electrons. The molecule has 0 fully saturated rings. The van der Waals surface area contributed by atoms with Crippen molar-refractivity contribution in [3.05, 3.63) is 29.8 Å². The molecule has 0 aromatic heterocycles. The normalized spacial score (nSPS) is 14.0. The topological polar surface area (TPSA) is 38.3 Å². The first-order valence-corrected chi connectivity index (χ1v) is 7.00. The zero-order chi connectivity index (χ0) is 14.4. The predicted molar refractivity (Wildman–Crippen MR) is 78.4 cm³/mol. The van der Waals surface area contributed by atoms with E-state index in [0.29, 0.717) is 5.92 Å². The lowest BCUT2D eigenvalue weighted by Crippen LogP contribution is -2.43. The van der Waals surface area contributed by atoms with Gasteiger partial charge < -0.3 is 10.1 Å². The summed E-state index contributed by atoms with van der Waals surface area (Å²) in [6, 6.07) is 8.00. The monoisotopic (exact) mass is 263 g/mol. The van der Waals surface area contributed by atoms with Gasteiger partial charge in [0.05, 0.1) is 0 Å². The molecule has 3 heteroatoms. The van der Waals surface area contributed by atoms with Gasteiger partial charge in [0.25, 0.3) is 5.91 Å². The maximum absolute atomic E-state index is 12.0. The molecule has 1 aromatic carbocycles. The van der Waals surface area contributed by atoms with Gasteiger partial charge in [-0.1, -0.05) is 39.0 Å². The maximum Gasteiger partial charge on any atom is 0.260 e. The number of nitrogens with one attached hydrogen (secondary N) is 1. The van der Waals surface area contributed by atoms with Crippen molar-refractivity contribution in [3.8, 4) is 5.75 Å². The van der Waals surface area contributed by atoms with Crippen LogP contribution < -0.4 is 10.1 Å². The molecule has 1 amide bonds. The first kappa shape index (κ1) is 15.5. The van der Waals surface area contributed by atoms with E-state index in [1.54, 1.807) is 6.92 Å². The molecule has 0 saturated carbocycles. The van der Waals surface area contributed by atoms with Crippen LogP contribution in [0.3, 0.4) is 0 Å². The van der Waals surface area contributed by atoms with Crippen LogP contribution in [-0.2, 0) is 11.2 Å². The van der Waals surface area contributed by atoms with E-state index in [4.69, 9.17) is 4.74 Å². The summed E-state index contributed by atoms with van der Waals surface area (Å²) in [5.74, 6) is 1.15. The Morgan fingerprint density at radius 3 is 2.42 bits per heavy atom. The SMILES string of the molecule is CCc1ccccc1O[C@@H](C)C(=O)N[C@@H](C)C(C)C. The van der Waals surface area contributed by atoms with Crippen LogP contribution in [0.2, 0.25) is 0 Å². The highest BCUT2D eigenvalue weighted by Crippen LogP contribution is 2.19. The Labute approximate surface area is 116 Å². The summed E-state index contributed by atoms with van der Waals surface area (Å²) in [7, 11) is 0. The van der Waals surface area contributed by atoms with Gasteiger partial charge in [-0.2, -0.15) is 0 Å². The summed E-state index contributed by atoms with van der Waals surface area (Å²) in [4.78, 5) is 12.0. The number of carbonyl (C=O) groups excluding carboxylic acids is 1. The lowest BCUT2D eigenvalue weighted by atomic mass is 10.1. The fraction of sp³-hybridized carbons (Fsp3) is 0.562. The number of hydrogen-bond acceptors (Lipinski definition) is 2. The quantitative estimate of drug-likeness (QED) is 0.856. The molecular formula is C16H25NO2. The van der Waals surface area contributed by atoms with Crippen molar-refractivity contribution in [3.63, 3.8) is 0 Å². The van der Waals surface area contributed by atoms with Crippen LogP contribution in [0.4, 0.5) is 0 Å². The second kappa shape index (κ2) is 7.17. The molecule has 1 aromatic rings. The van der Waals surface area contributed by atoms with Gasteiger partial charge in [-0.05, 0) is 37.8 Å². The highest BCUT2D eigenvalue weighted by atomic mass is 16.5. The molecule has 0 aliphatic rings. The molecule has 19 heavy (non-hydrogen) atoms. The number of para-hydroxylation sites is 1. The molecule has 3 nitrogen and oxygen atoms in total. The molecule has 0 heterocycles. The van der Waals surface area contributed by atoms with E-state index in [-0.39, 0.29) is 11.9 Å². The zero-order valence-corrected chi connectivity index (χ0v) is 12.6. The summed E-state index contributed by atoms with van der Waals surface area (Å²) in [6.45, 7) is 10.0. The molecule has 106 valence electrons. The fourth-order valence-electron chi connectivity index (χ4n) is 1.66. The predicted octanol–water partition coefficient (Wildman–Crippen LogP) is 3.18. The molecule has 0 bridgehead atoms. The van der Waals surface area contributed by atoms with Gasteiger partial charge >= 0.3 is 0 Å². The van der Waals surface area contributed by atoms with Crippen molar-refractivity contribution in [1.82, 2.24) is 5.32 Å². The fourth-order valence-corrected chi connectivity index (χ4v) is 1.66. The summed E-state index contributed by atoms with van der Waals surface area (Å²) >= 11 is 0. The van der Waals surface area contributed by atoms with Gasteiger partial charge in [-0.15, -0.1) is 0 Å². The molecule has 0 aliphatic heterocycles. The molecule has 1 N–H and O–H groups in total. The summed E-state index contributed by atoms with van der Waals surface area (Å²) in [5, 5.41) is 2.97. The van der Waals surface area contributed by atoms with Gasteiger partial charge in [-0.25, -0.2) is 0 Å². The molecule has 1 rings (SSSR count). The number of aryl methyl sites for hydroxylation is 1. The van der Waals surface area contributed by atoms with E-state index in [9.17, 15) is 4.79 Å². The molecule has 0 aliphatic carbocycles. The lowest BCUT2D eigenvalue weighted by Gasteiger charge is -2.21. The van der Waals surface area contributed by atoms with Crippen LogP contribution in [-0.4, -0.2) is 18.1 Å². The van der Waals surface area contributed by atoms with E-state index >= 15 is 0 Å². The largest absolute Gasteiger partial charge is 0.481 e. The summed E-state index contributed by atoms with van der Waals surface area (Å²) < 4.78 is 5.77. The van der Waals surface area contributed by atoms with Crippen LogP contribution in [0.15, 0.2) is 24.3 Å². The van der Waals surface area contributed by atoms with Gasteiger partial charge in [0.15, 0.2) is 6.10 Å². The Morgan fingerprint density at radius 1 is 1.21 bits per heavy atom. The second-order valence-electron chi connectivity index (χ2n) is 5.26. The van der Waals surface area contributed by atoms with Crippen LogP contribution in [0.5, 0.6) is 5.75 Å². The minimum atomic E-state index is -0.478. The van der Waals surface area contributed by atoms with Crippen LogP contribution in [0.25, 0.3) is 0 Å². The number of rotatable bonds is 6. The van der Waals surface area contributed by atoms with Crippen LogP contribution in [0, 0.1) is 5.92 Å². The van der Waals surface area contributed by atoms with Gasteiger partial charge in [-0.3, -0.25) is 4.79 Å². The number of ether oxygens (including phenoxy) is 1. The highest BCUT2D eigenvalue weighted by Gasteiger charge is 2.19. The number of carbonyl (C=O) groups is 1. The minimum Gasteiger partial charge on any atom is -0.481 e. The van der Waals surface area contributed by atoms with E-state index in [1.807, 2.05) is 31.2 Å². The first-order chi connectivity index (χ1) is 8.95. The van der Waals surface area contributed by atoms with E-state index < -0.39 is 6.10 Å². The third kappa shape index (κ3) is 4.58. The van der Waals surface area contributed by atoms with Crippen molar-refractivity contribution in [1.29, 1.82) is 0 Å². The Bertz CT molecular complexity index is 415. The third-order valence-electron chi connectivity index (χ3n) is 3.40. The van der Waals surface area contributed by atoms with Crippen molar-refractivity contribution in [2.75, 3.05) is 0 Å². The Morgan fingerprint density at radius 2 is 1.84 bits per heavy atom. The van der Waals surface area contributed by atoms with E-state index in [1.165, 1.54) is 0 Å². The molecule has 2 atom stereocenters. The van der Waals surface area contributed by atoms with Crippen molar-refractivity contribution in [2.45, 2.75) is 53.2 Å². The maximum atomic E-state index is 12.0. The molecule has 0 unspecified atom stereocenters. The standard InChI is InChI=1S/C16H25NO2/c1-6-14-9-7-8-10-15(14)19-13(5)16(18)17-12(4)11(2)3/h7-13H,6H2,1-5H3,(H,17,18)/t12-,13-/m0/s1. The van der Waals surface area contributed by atoms with Gasteiger partial charge in [0.1, 0.15) is 5.75 Å². The molecule has 0 saturated heterocycles. The van der Waals surface area contributed by atoms with E-state index in [0.717, 1.165) is 17.7 Å². The lowest BCUT2D eigenvalue weighted by molar-refractivity contribution is -0.128. The van der Waals surface area contributed by atoms with Crippen LogP contribution in [0.1, 0.15) is 40.2 Å². The van der Waals surface area contributed by atoms with E-state index in [2.05, 4.69) is 26.1 Å². The zero-order valence-electron chi connectivity index (χ0n) is 12.6.